The number of aliphatic hydroxyl groups is 1. The molecule has 0 amide bonds. The summed E-state index contributed by atoms with van der Waals surface area (Å²) in [6, 6.07) is 0. The van der Waals surface area contributed by atoms with Gasteiger partial charge in [0, 0.05) is 0 Å². The first kappa shape index (κ1) is 13.1. The Bertz CT molecular complexity index is 290. The van der Waals surface area contributed by atoms with E-state index in [1.165, 1.54) is 38.5 Å². The van der Waals surface area contributed by atoms with Gasteiger partial charge in [0.2, 0.25) is 0 Å². The minimum absolute atomic E-state index is 0.198. The fourth-order valence-corrected chi connectivity index (χ4v) is 3.83. The molecule has 0 aromatic rings. The molecule has 1 heteroatoms. The van der Waals surface area contributed by atoms with Crippen molar-refractivity contribution in [2.45, 2.75) is 71.8 Å². The molecule has 1 N–H and O–H groups in total. The second-order valence-electron chi connectivity index (χ2n) is 6.99. The summed E-state index contributed by atoms with van der Waals surface area (Å²) in [5, 5.41) is 9.99. The SMILES string of the molecule is CCC1CCCC(C2=CC(O)CC(C)(C)C2)C1. The van der Waals surface area contributed by atoms with E-state index in [2.05, 4.69) is 26.8 Å². The number of rotatable bonds is 2. The van der Waals surface area contributed by atoms with Gasteiger partial charge in [-0.3, -0.25) is 0 Å². The highest BCUT2D eigenvalue weighted by Crippen LogP contribution is 2.43. The highest BCUT2D eigenvalue weighted by Gasteiger charge is 2.32. The fraction of sp³-hybridized carbons (Fsp3) is 0.875. The molecule has 1 nitrogen and oxygen atoms in total. The van der Waals surface area contributed by atoms with E-state index in [0.29, 0.717) is 5.41 Å². The maximum atomic E-state index is 9.99. The lowest BCUT2D eigenvalue weighted by molar-refractivity contribution is 0.130. The van der Waals surface area contributed by atoms with Gasteiger partial charge in [0.15, 0.2) is 0 Å². The molecule has 0 aromatic heterocycles. The van der Waals surface area contributed by atoms with E-state index in [4.69, 9.17) is 0 Å². The third-order valence-corrected chi connectivity index (χ3v) is 4.74. The number of allylic oxidation sites excluding steroid dienone is 1. The van der Waals surface area contributed by atoms with E-state index in [0.717, 1.165) is 18.3 Å². The molecule has 2 aliphatic carbocycles. The Kier molecular flexibility index (Phi) is 3.97. The summed E-state index contributed by atoms with van der Waals surface area (Å²) in [4.78, 5) is 0. The second-order valence-corrected chi connectivity index (χ2v) is 6.99. The van der Waals surface area contributed by atoms with Crippen LogP contribution in [-0.4, -0.2) is 11.2 Å². The first-order chi connectivity index (χ1) is 8.00. The molecule has 0 bridgehead atoms. The first-order valence-electron chi connectivity index (χ1n) is 7.39. The van der Waals surface area contributed by atoms with Crippen LogP contribution in [0.2, 0.25) is 0 Å². The Morgan fingerprint density at radius 2 is 2.12 bits per heavy atom. The Hall–Kier alpha value is -0.300. The van der Waals surface area contributed by atoms with Gasteiger partial charge in [0.25, 0.3) is 0 Å². The van der Waals surface area contributed by atoms with Crippen molar-refractivity contribution in [3.8, 4) is 0 Å². The van der Waals surface area contributed by atoms with E-state index in [1.807, 2.05) is 0 Å². The smallest absolute Gasteiger partial charge is 0.0728 e. The molecule has 17 heavy (non-hydrogen) atoms. The minimum Gasteiger partial charge on any atom is -0.389 e. The van der Waals surface area contributed by atoms with Gasteiger partial charge in [0.05, 0.1) is 6.10 Å². The van der Waals surface area contributed by atoms with E-state index in [1.54, 1.807) is 5.57 Å². The van der Waals surface area contributed by atoms with Crippen molar-refractivity contribution in [2.75, 3.05) is 0 Å². The Morgan fingerprint density at radius 1 is 1.35 bits per heavy atom. The fourth-order valence-electron chi connectivity index (χ4n) is 3.83. The van der Waals surface area contributed by atoms with Gasteiger partial charge in [-0.25, -0.2) is 0 Å². The van der Waals surface area contributed by atoms with Crippen LogP contribution in [0, 0.1) is 17.3 Å². The monoisotopic (exact) mass is 236 g/mol. The molecule has 98 valence electrons. The van der Waals surface area contributed by atoms with Crippen molar-refractivity contribution in [3.05, 3.63) is 11.6 Å². The van der Waals surface area contributed by atoms with Gasteiger partial charge in [-0.05, 0) is 42.9 Å². The maximum absolute atomic E-state index is 9.99. The van der Waals surface area contributed by atoms with Gasteiger partial charge in [-0.1, -0.05) is 51.7 Å². The van der Waals surface area contributed by atoms with Gasteiger partial charge in [0.1, 0.15) is 0 Å². The molecule has 3 atom stereocenters. The quantitative estimate of drug-likeness (QED) is 0.708. The molecular weight excluding hydrogens is 208 g/mol. The average molecular weight is 236 g/mol. The lowest BCUT2D eigenvalue weighted by atomic mass is 9.68. The van der Waals surface area contributed by atoms with Crippen molar-refractivity contribution >= 4 is 0 Å². The third kappa shape index (κ3) is 3.34. The van der Waals surface area contributed by atoms with Crippen molar-refractivity contribution in [1.82, 2.24) is 0 Å². The molecule has 1 fully saturated rings. The molecule has 2 rings (SSSR count). The molecule has 2 aliphatic rings. The molecule has 0 radical (unpaired) electrons. The zero-order valence-electron chi connectivity index (χ0n) is 11.7. The Labute approximate surface area is 106 Å². The predicted molar refractivity (Wildman–Crippen MR) is 72.8 cm³/mol. The van der Waals surface area contributed by atoms with Crippen molar-refractivity contribution in [3.63, 3.8) is 0 Å². The summed E-state index contributed by atoms with van der Waals surface area (Å²) >= 11 is 0. The Morgan fingerprint density at radius 3 is 2.76 bits per heavy atom. The molecule has 0 heterocycles. The minimum atomic E-state index is -0.198. The number of hydrogen-bond donors (Lipinski definition) is 1. The van der Waals surface area contributed by atoms with Crippen LogP contribution in [0.15, 0.2) is 11.6 Å². The highest BCUT2D eigenvalue weighted by atomic mass is 16.3. The van der Waals surface area contributed by atoms with Crippen LogP contribution in [0.5, 0.6) is 0 Å². The van der Waals surface area contributed by atoms with E-state index in [9.17, 15) is 5.11 Å². The lowest BCUT2D eigenvalue weighted by Crippen LogP contribution is -2.29. The molecular formula is C16H28O. The molecule has 3 unspecified atom stereocenters. The zero-order chi connectivity index (χ0) is 12.5. The van der Waals surface area contributed by atoms with Crippen LogP contribution >= 0.6 is 0 Å². The maximum Gasteiger partial charge on any atom is 0.0728 e. The third-order valence-electron chi connectivity index (χ3n) is 4.74. The summed E-state index contributed by atoms with van der Waals surface area (Å²) in [5.41, 5.74) is 1.86. The van der Waals surface area contributed by atoms with Crippen LogP contribution in [0.4, 0.5) is 0 Å². The summed E-state index contributed by atoms with van der Waals surface area (Å²) in [6.07, 6.45) is 11.0. The standard InChI is InChI=1S/C16H28O/c1-4-12-6-5-7-13(8-12)14-9-15(17)11-16(2,3)10-14/h9,12-13,15,17H,4-8,10-11H2,1-3H3. The van der Waals surface area contributed by atoms with Crippen LogP contribution in [0.3, 0.4) is 0 Å². The van der Waals surface area contributed by atoms with Crippen LogP contribution in [0.1, 0.15) is 65.7 Å². The normalized spacial score (nSPS) is 37.6. The van der Waals surface area contributed by atoms with Gasteiger partial charge in [-0.15, -0.1) is 0 Å². The lowest BCUT2D eigenvalue weighted by Gasteiger charge is -2.38. The van der Waals surface area contributed by atoms with Gasteiger partial charge >= 0.3 is 0 Å². The molecule has 0 saturated heterocycles. The van der Waals surface area contributed by atoms with Crippen molar-refractivity contribution in [1.29, 1.82) is 0 Å². The summed E-state index contributed by atoms with van der Waals surface area (Å²) < 4.78 is 0. The predicted octanol–water partition coefficient (Wildman–Crippen LogP) is 4.31. The Balaban J connectivity index is 2.06. The average Bonchev–Trinajstić information content (AvgIpc) is 2.26. The molecule has 0 spiro atoms. The molecule has 1 saturated carbocycles. The summed E-state index contributed by atoms with van der Waals surface area (Å²) in [6.45, 7) is 6.91. The zero-order valence-corrected chi connectivity index (χ0v) is 11.7. The second kappa shape index (κ2) is 5.14. The largest absolute Gasteiger partial charge is 0.389 e. The topological polar surface area (TPSA) is 20.2 Å². The van der Waals surface area contributed by atoms with Crippen molar-refractivity contribution < 1.29 is 5.11 Å². The van der Waals surface area contributed by atoms with E-state index >= 15 is 0 Å². The highest BCUT2D eigenvalue weighted by molar-refractivity contribution is 5.16. The summed E-state index contributed by atoms with van der Waals surface area (Å²) in [5.74, 6) is 1.69. The first-order valence-corrected chi connectivity index (χ1v) is 7.39. The van der Waals surface area contributed by atoms with Crippen LogP contribution in [-0.2, 0) is 0 Å². The number of hydrogen-bond acceptors (Lipinski definition) is 1. The van der Waals surface area contributed by atoms with Crippen LogP contribution in [0.25, 0.3) is 0 Å². The van der Waals surface area contributed by atoms with Gasteiger partial charge < -0.3 is 5.11 Å². The molecule has 0 aromatic carbocycles. The number of aliphatic hydroxyl groups excluding tert-OH is 1. The van der Waals surface area contributed by atoms with Crippen LogP contribution < -0.4 is 0 Å². The van der Waals surface area contributed by atoms with Crippen molar-refractivity contribution in [2.24, 2.45) is 17.3 Å². The summed E-state index contributed by atoms with van der Waals surface area (Å²) in [7, 11) is 0. The van der Waals surface area contributed by atoms with Gasteiger partial charge in [-0.2, -0.15) is 0 Å². The van der Waals surface area contributed by atoms with E-state index in [-0.39, 0.29) is 6.10 Å². The van der Waals surface area contributed by atoms with E-state index < -0.39 is 0 Å². The molecule has 0 aliphatic heterocycles.